The second kappa shape index (κ2) is 7.93. The van der Waals surface area contributed by atoms with Crippen molar-refractivity contribution in [2.24, 2.45) is 0 Å². The molecule has 0 saturated carbocycles. The molecule has 1 aromatic rings. The van der Waals surface area contributed by atoms with Crippen LogP contribution in [0.2, 0.25) is 0 Å². The van der Waals surface area contributed by atoms with Crippen LogP contribution in [0.25, 0.3) is 0 Å². The van der Waals surface area contributed by atoms with Gasteiger partial charge in [-0.25, -0.2) is 0 Å². The third-order valence-electron chi connectivity index (χ3n) is 3.21. The SMILES string of the molecule is Brc1ccc(CCCCOC2CCCCO2)cc1. The normalized spacial score (nSPS) is 19.9. The molecule has 0 N–H and O–H groups in total. The van der Waals surface area contributed by atoms with E-state index in [0.717, 1.165) is 36.9 Å². The first-order chi connectivity index (χ1) is 8.84. The lowest BCUT2D eigenvalue weighted by Crippen LogP contribution is -2.22. The monoisotopic (exact) mass is 312 g/mol. The minimum Gasteiger partial charge on any atom is -0.353 e. The fraction of sp³-hybridized carbons (Fsp3) is 0.600. The van der Waals surface area contributed by atoms with Crippen molar-refractivity contribution >= 4 is 15.9 Å². The predicted octanol–water partition coefficient (Wildman–Crippen LogP) is 4.32. The number of unbranched alkanes of at least 4 members (excludes halogenated alkanes) is 1. The van der Waals surface area contributed by atoms with Crippen LogP contribution in [0.4, 0.5) is 0 Å². The molecule has 1 atom stereocenters. The Morgan fingerprint density at radius 2 is 2.00 bits per heavy atom. The fourth-order valence-electron chi connectivity index (χ4n) is 2.14. The number of hydrogen-bond acceptors (Lipinski definition) is 2. The molecule has 0 spiro atoms. The third-order valence-corrected chi connectivity index (χ3v) is 3.74. The Morgan fingerprint density at radius 1 is 1.17 bits per heavy atom. The molecule has 1 aromatic carbocycles. The highest BCUT2D eigenvalue weighted by atomic mass is 79.9. The van der Waals surface area contributed by atoms with Crippen molar-refractivity contribution in [3.63, 3.8) is 0 Å². The Morgan fingerprint density at radius 3 is 2.72 bits per heavy atom. The van der Waals surface area contributed by atoms with Gasteiger partial charge in [-0.3, -0.25) is 0 Å². The van der Waals surface area contributed by atoms with E-state index in [-0.39, 0.29) is 6.29 Å². The summed E-state index contributed by atoms with van der Waals surface area (Å²) in [5.41, 5.74) is 1.40. The van der Waals surface area contributed by atoms with Crippen molar-refractivity contribution in [1.82, 2.24) is 0 Å². The van der Waals surface area contributed by atoms with Crippen LogP contribution in [-0.2, 0) is 15.9 Å². The lowest BCUT2D eigenvalue weighted by Gasteiger charge is -2.22. The summed E-state index contributed by atoms with van der Waals surface area (Å²) in [5.74, 6) is 0. The topological polar surface area (TPSA) is 18.5 Å². The van der Waals surface area contributed by atoms with Crippen molar-refractivity contribution in [3.8, 4) is 0 Å². The summed E-state index contributed by atoms with van der Waals surface area (Å²) >= 11 is 3.45. The lowest BCUT2D eigenvalue weighted by atomic mass is 10.1. The Bertz CT molecular complexity index is 331. The van der Waals surface area contributed by atoms with E-state index in [0.29, 0.717) is 0 Å². The average Bonchev–Trinajstić information content (AvgIpc) is 2.42. The number of benzene rings is 1. The second-order valence-electron chi connectivity index (χ2n) is 4.75. The molecule has 1 unspecified atom stereocenters. The van der Waals surface area contributed by atoms with Crippen molar-refractivity contribution in [2.45, 2.75) is 44.8 Å². The van der Waals surface area contributed by atoms with E-state index >= 15 is 0 Å². The molecule has 1 fully saturated rings. The first-order valence-electron chi connectivity index (χ1n) is 6.82. The van der Waals surface area contributed by atoms with Gasteiger partial charge in [0.1, 0.15) is 0 Å². The second-order valence-corrected chi connectivity index (χ2v) is 5.67. The Labute approximate surface area is 118 Å². The van der Waals surface area contributed by atoms with Gasteiger partial charge in [0, 0.05) is 17.7 Å². The summed E-state index contributed by atoms with van der Waals surface area (Å²) in [6.07, 6.45) is 6.96. The maximum Gasteiger partial charge on any atom is 0.157 e. The summed E-state index contributed by atoms with van der Waals surface area (Å²) in [6, 6.07) is 8.55. The predicted molar refractivity (Wildman–Crippen MR) is 76.6 cm³/mol. The largest absolute Gasteiger partial charge is 0.353 e. The molecule has 100 valence electrons. The molecule has 1 saturated heterocycles. The van der Waals surface area contributed by atoms with Gasteiger partial charge in [-0.15, -0.1) is 0 Å². The van der Waals surface area contributed by atoms with E-state index in [1.165, 1.54) is 24.8 Å². The third kappa shape index (κ3) is 5.09. The summed E-state index contributed by atoms with van der Waals surface area (Å²) in [7, 11) is 0. The number of hydrogen-bond donors (Lipinski definition) is 0. The Balaban J connectivity index is 1.54. The minimum absolute atomic E-state index is 0.0615. The van der Waals surface area contributed by atoms with E-state index in [4.69, 9.17) is 9.47 Å². The van der Waals surface area contributed by atoms with Gasteiger partial charge >= 0.3 is 0 Å². The highest BCUT2D eigenvalue weighted by molar-refractivity contribution is 9.10. The zero-order valence-electron chi connectivity index (χ0n) is 10.7. The van der Waals surface area contributed by atoms with Crippen molar-refractivity contribution < 1.29 is 9.47 Å². The molecule has 0 bridgehead atoms. The summed E-state index contributed by atoms with van der Waals surface area (Å²) in [4.78, 5) is 0. The van der Waals surface area contributed by atoms with Crippen LogP contribution in [-0.4, -0.2) is 19.5 Å². The van der Waals surface area contributed by atoms with Crippen LogP contribution in [0.1, 0.15) is 37.7 Å². The highest BCUT2D eigenvalue weighted by Gasteiger charge is 2.13. The molecule has 0 radical (unpaired) electrons. The molecule has 1 aliphatic heterocycles. The molecule has 3 heteroatoms. The Kier molecular flexibility index (Phi) is 6.18. The van der Waals surface area contributed by atoms with E-state index in [9.17, 15) is 0 Å². The molecule has 0 aliphatic carbocycles. The summed E-state index contributed by atoms with van der Waals surface area (Å²) < 4.78 is 12.4. The Hall–Kier alpha value is -0.380. The standard InChI is InChI=1S/C15H21BrO2/c16-14-9-7-13(8-10-14)5-1-3-11-17-15-6-2-4-12-18-15/h7-10,15H,1-6,11-12H2. The number of rotatable bonds is 6. The zero-order valence-corrected chi connectivity index (χ0v) is 12.3. The highest BCUT2D eigenvalue weighted by Crippen LogP contribution is 2.15. The van der Waals surface area contributed by atoms with Crippen LogP contribution in [0, 0.1) is 0 Å². The molecule has 2 rings (SSSR count). The maximum absolute atomic E-state index is 5.71. The van der Waals surface area contributed by atoms with Gasteiger partial charge in [0.05, 0.1) is 0 Å². The van der Waals surface area contributed by atoms with Crippen LogP contribution in [0.5, 0.6) is 0 Å². The van der Waals surface area contributed by atoms with Gasteiger partial charge < -0.3 is 9.47 Å². The zero-order chi connectivity index (χ0) is 12.6. The molecular weight excluding hydrogens is 292 g/mol. The smallest absolute Gasteiger partial charge is 0.157 e. The maximum atomic E-state index is 5.71. The van der Waals surface area contributed by atoms with Gasteiger partial charge in [0.2, 0.25) is 0 Å². The minimum atomic E-state index is 0.0615. The van der Waals surface area contributed by atoms with Crippen LogP contribution in [0.3, 0.4) is 0 Å². The van der Waals surface area contributed by atoms with Crippen LogP contribution < -0.4 is 0 Å². The van der Waals surface area contributed by atoms with Gasteiger partial charge in [0.25, 0.3) is 0 Å². The molecule has 0 aromatic heterocycles. The molecular formula is C15H21BrO2. The van der Waals surface area contributed by atoms with Gasteiger partial charge in [-0.2, -0.15) is 0 Å². The number of aryl methyl sites for hydroxylation is 1. The van der Waals surface area contributed by atoms with E-state index in [1.807, 2.05) is 0 Å². The van der Waals surface area contributed by atoms with E-state index in [1.54, 1.807) is 0 Å². The average molecular weight is 313 g/mol. The van der Waals surface area contributed by atoms with Crippen molar-refractivity contribution in [1.29, 1.82) is 0 Å². The molecule has 1 aliphatic rings. The van der Waals surface area contributed by atoms with E-state index in [2.05, 4.69) is 40.2 Å². The number of halogens is 1. The van der Waals surface area contributed by atoms with Gasteiger partial charge in [-0.1, -0.05) is 28.1 Å². The summed E-state index contributed by atoms with van der Waals surface area (Å²) in [6.45, 7) is 1.69. The van der Waals surface area contributed by atoms with Crippen molar-refractivity contribution in [3.05, 3.63) is 34.3 Å². The fourth-order valence-corrected chi connectivity index (χ4v) is 2.40. The number of ether oxygens (including phenoxy) is 2. The van der Waals surface area contributed by atoms with E-state index < -0.39 is 0 Å². The van der Waals surface area contributed by atoms with Gasteiger partial charge in [-0.05, 0) is 56.2 Å². The molecule has 2 nitrogen and oxygen atoms in total. The van der Waals surface area contributed by atoms with Gasteiger partial charge in [0.15, 0.2) is 6.29 Å². The quantitative estimate of drug-likeness (QED) is 0.728. The molecule has 0 amide bonds. The van der Waals surface area contributed by atoms with Crippen molar-refractivity contribution in [2.75, 3.05) is 13.2 Å². The van der Waals surface area contributed by atoms with Crippen LogP contribution in [0.15, 0.2) is 28.7 Å². The first kappa shape index (κ1) is 14.0. The lowest BCUT2D eigenvalue weighted by molar-refractivity contribution is -0.162. The summed E-state index contributed by atoms with van der Waals surface area (Å²) in [5, 5.41) is 0. The molecule has 18 heavy (non-hydrogen) atoms. The first-order valence-corrected chi connectivity index (χ1v) is 7.61. The molecule has 1 heterocycles. The van der Waals surface area contributed by atoms with Crippen LogP contribution >= 0.6 is 15.9 Å².